The molecule has 0 atom stereocenters. The summed E-state index contributed by atoms with van der Waals surface area (Å²) < 4.78 is 26.5. The largest absolute Gasteiger partial charge is 0.271 e. The number of amides is 1. The highest BCUT2D eigenvalue weighted by molar-refractivity contribution is 7.89. The van der Waals surface area contributed by atoms with Crippen LogP contribution in [0.15, 0.2) is 46.4 Å². The molecule has 2 aromatic carbocycles. The summed E-state index contributed by atoms with van der Waals surface area (Å²) in [6.07, 6.45) is 3.39. The van der Waals surface area contributed by atoms with Crippen LogP contribution in [-0.2, 0) is 10.0 Å². The number of carbonyl (C=O) groups is 1. The maximum absolute atomic E-state index is 12.5. The molecule has 0 aromatic heterocycles. The minimum Gasteiger partial charge on any atom is -0.267 e. The van der Waals surface area contributed by atoms with E-state index in [0.717, 1.165) is 29.5 Å². The van der Waals surface area contributed by atoms with Gasteiger partial charge in [0.1, 0.15) is 0 Å². The number of aryl methyl sites for hydroxylation is 3. The van der Waals surface area contributed by atoms with Crippen LogP contribution in [0.1, 0.15) is 45.5 Å². The molecule has 1 fully saturated rings. The van der Waals surface area contributed by atoms with Gasteiger partial charge in [0, 0.05) is 18.7 Å². The third-order valence-electron chi connectivity index (χ3n) is 5.07. The molecule has 0 saturated carbocycles. The minimum absolute atomic E-state index is 0.209. The topological polar surface area (TPSA) is 78.8 Å². The Morgan fingerprint density at radius 3 is 2.25 bits per heavy atom. The van der Waals surface area contributed by atoms with Crippen LogP contribution in [0.2, 0.25) is 0 Å². The van der Waals surface area contributed by atoms with Crippen LogP contribution < -0.4 is 5.43 Å². The van der Waals surface area contributed by atoms with E-state index in [9.17, 15) is 13.2 Å². The van der Waals surface area contributed by atoms with Crippen molar-refractivity contribution in [2.45, 2.75) is 38.5 Å². The molecule has 1 aliphatic heterocycles. The molecule has 0 aliphatic carbocycles. The average Bonchev–Trinajstić information content (AvgIpc) is 3.21. The number of carbonyl (C=O) groups excluding carboxylic acids is 1. The van der Waals surface area contributed by atoms with Crippen molar-refractivity contribution in [3.63, 3.8) is 0 Å². The highest BCUT2D eigenvalue weighted by Crippen LogP contribution is 2.21. The number of rotatable bonds is 5. The first-order valence-corrected chi connectivity index (χ1v) is 10.7. The monoisotopic (exact) mass is 399 g/mol. The van der Waals surface area contributed by atoms with Crippen LogP contribution in [0.4, 0.5) is 0 Å². The van der Waals surface area contributed by atoms with E-state index < -0.39 is 10.0 Å². The summed E-state index contributed by atoms with van der Waals surface area (Å²) in [6.45, 7) is 7.19. The molecule has 0 unspecified atom stereocenters. The first kappa shape index (κ1) is 20.2. The number of hydrogen-bond acceptors (Lipinski definition) is 4. The molecular formula is C21H25N3O3S. The summed E-state index contributed by atoms with van der Waals surface area (Å²) in [5.41, 5.74) is 7.24. The predicted octanol–water partition coefficient (Wildman–Crippen LogP) is 3.16. The standard InChI is InChI=1S/C21H25N3O3S/c1-15-12-17(3)19(13-16(15)2)14-22-23-21(25)18-6-8-20(9-7-18)28(26,27)24-10-4-5-11-24/h6-9,12-14H,4-5,10-11H2,1-3H3,(H,23,25)/b22-14-. The van der Waals surface area contributed by atoms with Crippen molar-refractivity contribution in [2.24, 2.45) is 5.10 Å². The zero-order valence-corrected chi connectivity index (χ0v) is 17.2. The normalized spacial score (nSPS) is 15.2. The summed E-state index contributed by atoms with van der Waals surface area (Å²) in [6, 6.07) is 10.1. The average molecular weight is 400 g/mol. The lowest BCUT2D eigenvalue weighted by atomic mass is 10.0. The highest BCUT2D eigenvalue weighted by atomic mass is 32.2. The minimum atomic E-state index is -3.47. The van der Waals surface area contributed by atoms with Gasteiger partial charge in [0.2, 0.25) is 10.0 Å². The molecule has 3 rings (SSSR count). The molecule has 1 heterocycles. The zero-order valence-electron chi connectivity index (χ0n) is 16.4. The second kappa shape index (κ2) is 8.24. The fraction of sp³-hybridized carbons (Fsp3) is 0.333. The number of hydrogen-bond donors (Lipinski definition) is 1. The van der Waals surface area contributed by atoms with E-state index in [1.54, 1.807) is 6.21 Å². The number of sulfonamides is 1. The smallest absolute Gasteiger partial charge is 0.267 e. The van der Waals surface area contributed by atoms with Gasteiger partial charge in [-0.15, -0.1) is 0 Å². The summed E-state index contributed by atoms with van der Waals surface area (Å²) in [5, 5.41) is 4.03. The van der Waals surface area contributed by atoms with Crippen LogP contribution in [0.3, 0.4) is 0 Å². The SMILES string of the molecule is Cc1cc(C)c(/C=N\NC(=O)c2ccc(S(=O)(=O)N3CCCC3)cc2)cc1C. The van der Waals surface area contributed by atoms with Crippen LogP contribution in [0, 0.1) is 20.8 Å². The third kappa shape index (κ3) is 4.31. The number of nitrogens with zero attached hydrogens (tertiary/aromatic N) is 2. The van der Waals surface area contributed by atoms with Gasteiger partial charge in [-0.1, -0.05) is 6.07 Å². The van der Waals surface area contributed by atoms with Gasteiger partial charge in [0.05, 0.1) is 11.1 Å². The molecule has 6 nitrogen and oxygen atoms in total. The van der Waals surface area contributed by atoms with E-state index in [1.807, 2.05) is 19.9 Å². The van der Waals surface area contributed by atoms with Gasteiger partial charge in [0.15, 0.2) is 0 Å². The number of nitrogens with one attached hydrogen (secondary N) is 1. The van der Waals surface area contributed by atoms with Crippen molar-refractivity contribution in [1.29, 1.82) is 0 Å². The Hall–Kier alpha value is -2.51. The molecule has 2 aromatic rings. The van der Waals surface area contributed by atoms with Gasteiger partial charge in [-0.25, -0.2) is 13.8 Å². The predicted molar refractivity (Wildman–Crippen MR) is 110 cm³/mol. The fourth-order valence-corrected chi connectivity index (χ4v) is 4.72. The molecule has 1 amide bonds. The molecular weight excluding hydrogens is 374 g/mol. The lowest BCUT2D eigenvalue weighted by Gasteiger charge is -2.15. The van der Waals surface area contributed by atoms with Gasteiger partial charge in [-0.3, -0.25) is 4.79 Å². The van der Waals surface area contributed by atoms with Crippen molar-refractivity contribution in [3.05, 3.63) is 64.2 Å². The fourth-order valence-electron chi connectivity index (χ4n) is 3.20. The zero-order chi connectivity index (χ0) is 20.3. The Labute approximate surface area is 166 Å². The van der Waals surface area contributed by atoms with Crippen LogP contribution >= 0.6 is 0 Å². The molecule has 1 saturated heterocycles. The second-order valence-corrected chi connectivity index (χ2v) is 9.07. The molecule has 0 radical (unpaired) electrons. The van der Waals surface area contributed by atoms with Crippen molar-refractivity contribution in [1.82, 2.24) is 9.73 Å². The van der Waals surface area contributed by atoms with Crippen molar-refractivity contribution >= 4 is 22.1 Å². The molecule has 7 heteroatoms. The molecule has 28 heavy (non-hydrogen) atoms. The van der Waals surface area contributed by atoms with Gasteiger partial charge in [0.25, 0.3) is 5.91 Å². The third-order valence-corrected chi connectivity index (χ3v) is 6.98. The number of hydrazone groups is 1. The van der Waals surface area contributed by atoms with Crippen LogP contribution in [0.5, 0.6) is 0 Å². The van der Waals surface area contributed by atoms with E-state index >= 15 is 0 Å². The first-order valence-electron chi connectivity index (χ1n) is 9.30. The first-order chi connectivity index (χ1) is 13.3. The second-order valence-electron chi connectivity index (χ2n) is 7.13. The van der Waals surface area contributed by atoms with Crippen LogP contribution in [0.25, 0.3) is 0 Å². The van der Waals surface area contributed by atoms with Crippen LogP contribution in [-0.4, -0.2) is 37.9 Å². The molecule has 0 bridgehead atoms. The van der Waals surface area contributed by atoms with Crippen molar-refractivity contribution < 1.29 is 13.2 Å². The Kier molecular flexibility index (Phi) is 5.96. The molecule has 148 valence electrons. The summed E-state index contributed by atoms with van der Waals surface area (Å²) in [5.74, 6) is -0.386. The van der Waals surface area contributed by atoms with Gasteiger partial charge in [-0.2, -0.15) is 9.41 Å². The van der Waals surface area contributed by atoms with Crippen molar-refractivity contribution in [3.8, 4) is 0 Å². The Bertz CT molecular complexity index is 1010. The highest BCUT2D eigenvalue weighted by Gasteiger charge is 2.27. The lowest BCUT2D eigenvalue weighted by Crippen LogP contribution is -2.28. The Morgan fingerprint density at radius 1 is 1.00 bits per heavy atom. The molecule has 1 N–H and O–H groups in total. The quantitative estimate of drug-likeness (QED) is 0.620. The van der Waals surface area contributed by atoms with E-state index in [1.165, 1.54) is 34.1 Å². The summed E-state index contributed by atoms with van der Waals surface area (Å²) >= 11 is 0. The van der Waals surface area contributed by atoms with Gasteiger partial charge >= 0.3 is 0 Å². The molecule has 0 spiro atoms. The molecule has 1 aliphatic rings. The van der Waals surface area contributed by atoms with Gasteiger partial charge in [-0.05, 0) is 86.2 Å². The van der Waals surface area contributed by atoms with E-state index in [2.05, 4.69) is 23.5 Å². The van der Waals surface area contributed by atoms with E-state index in [0.29, 0.717) is 18.7 Å². The Morgan fingerprint density at radius 2 is 1.61 bits per heavy atom. The van der Waals surface area contributed by atoms with Gasteiger partial charge < -0.3 is 0 Å². The summed E-state index contributed by atoms with van der Waals surface area (Å²) in [7, 11) is -3.47. The maximum atomic E-state index is 12.5. The summed E-state index contributed by atoms with van der Waals surface area (Å²) in [4.78, 5) is 12.5. The number of benzene rings is 2. The maximum Gasteiger partial charge on any atom is 0.271 e. The van der Waals surface area contributed by atoms with E-state index in [4.69, 9.17) is 0 Å². The lowest BCUT2D eigenvalue weighted by molar-refractivity contribution is 0.0955. The van der Waals surface area contributed by atoms with E-state index in [-0.39, 0.29) is 10.8 Å². The Balaban J connectivity index is 1.67. The van der Waals surface area contributed by atoms with Crippen molar-refractivity contribution in [2.75, 3.05) is 13.1 Å².